The molecule has 16 heavy (non-hydrogen) atoms. The molecule has 1 rings (SSSR count). The Balaban J connectivity index is 2.44. The van der Waals surface area contributed by atoms with Crippen molar-refractivity contribution >= 4 is 6.09 Å². The molecule has 0 aromatic rings. The Bertz CT molecular complexity index is 247. The molecule has 1 aliphatic rings. The third-order valence-corrected chi connectivity index (χ3v) is 3.18. The topological polar surface area (TPSA) is 38.3 Å². The lowest BCUT2D eigenvalue weighted by molar-refractivity contribution is 0.0428. The van der Waals surface area contributed by atoms with E-state index < -0.39 is 5.60 Å². The summed E-state index contributed by atoms with van der Waals surface area (Å²) in [5, 5.41) is 3.01. The number of alkyl carbamates (subject to hydrolysis) is 1. The molecule has 0 saturated heterocycles. The molecule has 0 aromatic carbocycles. The van der Waals surface area contributed by atoms with E-state index in [2.05, 4.69) is 19.2 Å². The molecule has 0 heterocycles. The summed E-state index contributed by atoms with van der Waals surface area (Å²) in [6.45, 7) is 10.0. The van der Waals surface area contributed by atoms with Crippen LogP contribution >= 0.6 is 0 Å². The van der Waals surface area contributed by atoms with Crippen LogP contribution in [-0.2, 0) is 4.74 Å². The van der Waals surface area contributed by atoms with E-state index in [1.54, 1.807) is 0 Å². The molecule has 0 bridgehead atoms. The molecule has 1 N–H and O–H groups in total. The zero-order chi connectivity index (χ0) is 12.4. The number of rotatable bonds is 1. The number of ether oxygens (including phenoxy) is 1. The fourth-order valence-electron chi connectivity index (χ4n) is 2.07. The monoisotopic (exact) mass is 227 g/mol. The first-order valence-electron chi connectivity index (χ1n) is 6.21. The van der Waals surface area contributed by atoms with E-state index in [0.717, 1.165) is 18.8 Å². The minimum absolute atomic E-state index is 0.0746. The third-order valence-electron chi connectivity index (χ3n) is 3.18. The van der Waals surface area contributed by atoms with Gasteiger partial charge in [-0.15, -0.1) is 0 Å². The molecule has 3 nitrogen and oxygen atoms in total. The molecular formula is C13H25NO2. The molecule has 0 aromatic heterocycles. The molecule has 1 fully saturated rings. The second-order valence-corrected chi connectivity index (χ2v) is 6.37. The van der Waals surface area contributed by atoms with Gasteiger partial charge in [-0.05, 0) is 59.3 Å². The van der Waals surface area contributed by atoms with Gasteiger partial charge in [-0.1, -0.05) is 6.92 Å². The van der Waals surface area contributed by atoms with Crippen molar-refractivity contribution in [2.45, 2.75) is 71.4 Å². The van der Waals surface area contributed by atoms with E-state index in [0.29, 0.717) is 0 Å². The molecule has 3 heteroatoms. The second-order valence-electron chi connectivity index (χ2n) is 6.37. The number of amides is 1. The predicted molar refractivity (Wildman–Crippen MR) is 65.4 cm³/mol. The fourth-order valence-corrected chi connectivity index (χ4v) is 2.07. The SMILES string of the molecule is CC1CCC(C)(NC(=O)OC(C)(C)C)CC1. The maximum Gasteiger partial charge on any atom is 0.408 e. The second kappa shape index (κ2) is 4.64. The molecule has 0 aliphatic heterocycles. The largest absolute Gasteiger partial charge is 0.444 e. The first-order chi connectivity index (χ1) is 7.20. The van der Waals surface area contributed by atoms with Crippen molar-refractivity contribution in [1.29, 1.82) is 0 Å². The first kappa shape index (κ1) is 13.3. The Hall–Kier alpha value is -0.730. The number of nitrogens with one attached hydrogen (secondary N) is 1. The maximum absolute atomic E-state index is 11.7. The van der Waals surface area contributed by atoms with E-state index in [9.17, 15) is 4.79 Å². The van der Waals surface area contributed by atoms with Gasteiger partial charge >= 0.3 is 6.09 Å². The Kier molecular flexibility index (Phi) is 3.87. The Morgan fingerprint density at radius 1 is 1.31 bits per heavy atom. The highest BCUT2D eigenvalue weighted by molar-refractivity contribution is 5.68. The van der Waals surface area contributed by atoms with E-state index in [-0.39, 0.29) is 11.6 Å². The predicted octanol–water partition coefficient (Wildman–Crippen LogP) is 3.48. The van der Waals surface area contributed by atoms with Crippen molar-refractivity contribution in [3.8, 4) is 0 Å². The standard InChI is InChI=1S/C13H25NO2/c1-10-6-8-13(5,9-7-10)14-11(15)16-12(2,3)4/h10H,6-9H2,1-5H3,(H,14,15). The number of hydrogen-bond donors (Lipinski definition) is 1. The lowest BCUT2D eigenvalue weighted by Gasteiger charge is -2.37. The Morgan fingerprint density at radius 3 is 2.25 bits per heavy atom. The van der Waals surface area contributed by atoms with E-state index in [1.807, 2.05) is 20.8 Å². The van der Waals surface area contributed by atoms with Crippen molar-refractivity contribution < 1.29 is 9.53 Å². The normalized spacial score (nSPS) is 30.9. The average molecular weight is 227 g/mol. The summed E-state index contributed by atoms with van der Waals surface area (Å²) in [6.07, 6.45) is 4.18. The van der Waals surface area contributed by atoms with Gasteiger partial charge < -0.3 is 10.1 Å². The molecular weight excluding hydrogens is 202 g/mol. The molecule has 1 amide bonds. The first-order valence-corrected chi connectivity index (χ1v) is 6.21. The summed E-state index contributed by atoms with van der Waals surface area (Å²) < 4.78 is 5.28. The molecule has 0 radical (unpaired) electrons. The van der Waals surface area contributed by atoms with Gasteiger partial charge in [-0.2, -0.15) is 0 Å². The van der Waals surface area contributed by atoms with Crippen LogP contribution < -0.4 is 5.32 Å². The minimum atomic E-state index is -0.414. The lowest BCUT2D eigenvalue weighted by atomic mass is 9.78. The molecule has 1 saturated carbocycles. The number of hydrogen-bond acceptors (Lipinski definition) is 2. The zero-order valence-corrected chi connectivity index (χ0v) is 11.2. The van der Waals surface area contributed by atoms with Crippen molar-refractivity contribution in [2.24, 2.45) is 5.92 Å². The van der Waals surface area contributed by atoms with E-state index in [4.69, 9.17) is 4.74 Å². The minimum Gasteiger partial charge on any atom is -0.444 e. The summed E-state index contributed by atoms with van der Waals surface area (Å²) in [5.74, 6) is 0.786. The van der Waals surface area contributed by atoms with Gasteiger partial charge in [0.05, 0.1) is 0 Å². The van der Waals surface area contributed by atoms with Crippen LogP contribution in [0.3, 0.4) is 0 Å². The highest BCUT2D eigenvalue weighted by Gasteiger charge is 2.32. The van der Waals surface area contributed by atoms with Crippen LogP contribution in [0.15, 0.2) is 0 Å². The van der Waals surface area contributed by atoms with Gasteiger partial charge in [-0.25, -0.2) is 4.79 Å². The fraction of sp³-hybridized carbons (Fsp3) is 0.923. The summed E-state index contributed by atoms with van der Waals surface area (Å²) >= 11 is 0. The molecule has 0 atom stereocenters. The maximum atomic E-state index is 11.7. The smallest absolute Gasteiger partial charge is 0.408 e. The van der Waals surface area contributed by atoms with Crippen molar-refractivity contribution in [3.05, 3.63) is 0 Å². The molecule has 0 unspecified atom stereocenters. The number of carbonyl (C=O) groups excluding carboxylic acids is 1. The van der Waals surface area contributed by atoms with Crippen LogP contribution in [0.5, 0.6) is 0 Å². The number of carbonyl (C=O) groups is 1. The van der Waals surface area contributed by atoms with Gasteiger partial charge in [0, 0.05) is 5.54 Å². The summed E-state index contributed by atoms with van der Waals surface area (Å²) in [6, 6.07) is 0. The molecule has 1 aliphatic carbocycles. The zero-order valence-electron chi connectivity index (χ0n) is 11.2. The Labute approximate surface area is 98.9 Å². The summed E-state index contributed by atoms with van der Waals surface area (Å²) in [5.41, 5.74) is -0.489. The molecule has 0 spiro atoms. The van der Waals surface area contributed by atoms with Crippen LogP contribution in [-0.4, -0.2) is 17.2 Å². The van der Waals surface area contributed by atoms with Crippen LogP contribution in [0.1, 0.15) is 60.3 Å². The van der Waals surface area contributed by atoms with Crippen LogP contribution in [0.4, 0.5) is 4.79 Å². The average Bonchev–Trinajstić information content (AvgIpc) is 2.07. The van der Waals surface area contributed by atoms with Crippen LogP contribution in [0.25, 0.3) is 0 Å². The van der Waals surface area contributed by atoms with Crippen molar-refractivity contribution in [1.82, 2.24) is 5.32 Å². The van der Waals surface area contributed by atoms with Crippen LogP contribution in [0.2, 0.25) is 0 Å². The summed E-state index contributed by atoms with van der Waals surface area (Å²) in [4.78, 5) is 11.7. The van der Waals surface area contributed by atoms with Gasteiger partial charge in [0.25, 0.3) is 0 Å². The quantitative estimate of drug-likeness (QED) is 0.744. The van der Waals surface area contributed by atoms with Gasteiger partial charge in [0.1, 0.15) is 5.60 Å². The highest BCUT2D eigenvalue weighted by Crippen LogP contribution is 2.31. The molecule has 94 valence electrons. The van der Waals surface area contributed by atoms with Crippen molar-refractivity contribution in [2.75, 3.05) is 0 Å². The van der Waals surface area contributed by atoms with Crippen molar-refractivity contribution in [3.63, 3.8) is 0 Å². The summed E-state index contributed by atoms with van der Waals surface area (Å²) in [7, 11) is 0. The van der Waals surface area contributed by atoms with Gasteiger partial charge in [0.2, 0.25) is 0 Å². The van der Waals surface area contributed by atoms with Gasteiger partial charge in [0.15, 0.2) is 0 Å². The highest BCUT2D eigenvalue weighted by atomic mass is 16.6. The van der Waals surface area contributed by atoms with Crippen LogP contribution in [0, 0.1) is 5.92 Å². The van der Waals surface area contributed by atoms with E-state index >= 15 is 0 Å². The Morgan fingerprint density at radius 2 is 1.81 bits per heavy atom. The third kappa shape index (κ3) is 4.42. The lowest BCUT2D eigenvalue weighted by Crippen LogP contribution is -2.49. The van der Waals surface area contributed by atoms with Gasteiger partial charge in [-0.3, -0.25) is 0 Å². The van der Waals surface area contributed by atoms with E-state index in [1.165, 1.54) is 12.8 Å².